The summed E-state index contributed by atoms with van der Waals surface area (Å²) >= 11 is 0. The fraction of sp³-hybridized carbons (Fsp3) is 0.0500. The zero-order valence-electron chi connectivity index (χ0n) is 13.1. The number of aromatic nitrogens is 2. The first-order valence-electron chi connectivity index (χ1n) is 7.58. The molecule has 2 N–H and O–H groups in total. The van der Waals surface area contributed by atoms with Crippen molar-refractivity contribution in [2.75, 3.05) is 0 Å². The van der Waals surface area contributed by atoms with Gasteiger partial charge in [-0.15, -0.1) is 0 Å². The molecule has 2 heterocycles. The van der Waals surface area contributed by atoms with E-state index in [0.29, 0.717) is 12.1 Å². The van der Waals surface area contributed by atoms with Crippen molar-refractivity contribution in [3.8, 4) is 6.07 Å². The minimum Gasteiger partial charge on any atom is -0.326 e. The van der Waals surface area contributed by atoms with Crippen molar-refractivity contribution in [3.63, 3.8) is 0 Å². The van der Waals surface area contributed by atoms with Crippen LogP contribution >= 0.6 is 0 Å². The molecule has 4 nitrogen and oxygen atoms in total. The summed E-state index contributed by atoms with van der Waals surface area (Å²) in [5.74, 6) is 0. The first-order valence-corrected chi connectivity index (χ1v) is 7.58. The van der Waals surface area contributed by atoms with Crippen LogP contribution in [-0.4, -0.2) is 9.97 Å². The number of nitrogens with two attached hydrogens (primary N) is 1. The van der Waals surface area contributed by atoms with Gasteiger partial charge >= 0.3 is 0 Å². The summed E-state index contributed by atoms with van der Waals surface area (Å²) in [5, 5.41) is 13.1. The van der Waals surface area contributed by atoms with Crippen LogP contribution in [0.5, 0.6) is 0 Å². The van der Waals surface area contributed by atoms with Crippen molar-refractivity contribution < 1.29 is 0 Å². The third kappa shape index (κ3) is 3.22. The summed E-state index contributed by atoms with van der Waals surface area (Å²) in [6.07, 6.45) is 7.02. The molecule has 0 atom stereocenters. The van der Waals surface area contributed by atoms with E-state index in [9.17, 15) is 0 Å². The summed E-state index contributed by atoms with van der Waals surface area (Å²) in [5.41, 5.74) is 7.31. The highest BCUT2D eigenvalue weighted by Gasteiger charge is 1.98. The molecule has 0 saturated carbocycles. The number of hydrogen-bond donors (Lipinski definition) is 1. The normalized spacial score (nSPS) is 10.0. The standard InChI is InChI=1S/C10H10N2.C10H6N2/c2*11-5-9-7-12-6-8-3-1-2-4-10(8)9/h1-4,6-7H,5,11H2;1-4,6-7H. The molecular weight excluding hydrogens is 296 g/mol. The van der Waals surface area contributed by atoms with Crippen LogP contribution in [0, 0.1) is 11.3 Å². The number of hydrogen-bond acceptors (Lipinski definition) is 4. The molecule has 0 bridgehead atoms. The molecule has 0 spiro atoms. The van der Waals surface area contributed by atoms with Gasteiger partial charge in [-0.2, -0.15) is 5.26 Å². The van der Waals surface area contributed by atoms with E-state index in [1.165, 1.54) is 5.39 Å². The Kier molecular flexibility index (Phi) is 4.76. The van der Waals surface area contributed by atoms with Gasteiger partial charge in [0.1, 0.15) is 6.07 Å². The molecule has 2 aromatic carbocycles. The summed E-state index contributed by atoms with van der Waals surface area (Å²) in [6, 6.07) is 18.0. The van der Waals surface area contributed by atoms with Crippen LogP contribution in [0.4, 0.5) is 0 Å². The monoisotopic (exact) mass is 312 g/mol. The first kappa shape index (κ1) is 15.6. The van der Waals surface area contributed by atoms with E-state index in [2.05, 4.69) is 22.1 Å². The van der Waals surface area contributed by atoms with Gasteiger partial charge in [0.05, 0.1) is 5.56 Å². The maximum atomic E-state index is 8.75. The molecule has 4 aromatic rings. The van der Waals surface area contributed by atoms with Crippen LogP contribution in [0.25, 0.3) is 21.5 Å². The fourth-order valence-corrected chi connectivity index (χ4v) is 2.55. The van der Waals surface area contributed by atoms with Gasteiger partial charge in [0.2, 0.25) is 0 Å². The van der Waals surface area contributed by atoms with Gasteiger partial charge < -0.3 is 5.73 Å². The lowest BCUT2D eigenvalue weighted by atomic mass is 10.1. The lowest BCUT2D eigenvalue weighted by molar-refractivity contribution is 1.07. The zero-order valence-corrected chi connectivity index (χ0v) is 13.1. The van der Waals surface area contributed by atoms with E-state index < -0.39 is 0 Å². The molecule has 0 amide bonds. The van der Waals surface area contributed by atoms with Crippen LogP contribution < -0.4 is 5.73 Å². The van der Waals surface area contributed by atoms with Gasteiger partial charge in [-0.25, -0.2) is 0 Å². The predicted molar refractivity (Wildman–Crippen MR) is 96.1 cm³/mol. The Morgan fingerprint density at radius 3 is 2.04 bits per heavy atom. The van der Waals surface area contributed by atoms with E-state index in [4.69, 9.17) is 11.0 Å². The average molecular weight is 312 g/mol. The Labute approximate surface area is 140 Å². The minimum atomic E-state index is 0.550. The molecule has 24 heavy (non-hydrogen) atoms. The van der Waals surface area contributed by atoms with Gasteiger partial charge in [-0.05, 0) is 10.9 Å². The molecule has 0 aliphatic carbocycles. The number of pyridine rings is 2. The van der Waals surface area contributed by atoms with Gasteiger partial charge in [-0.1, -0.05) is 48.5 Å². The summed E-state index contributed by atoms with van der Waals surface area (Å²) in [4.78, 5) is 8.06. The molecule has 116 valence electrons. The largest absolute Gasteiger partial charge is 0.326 e. The van der Waals surface area contributed by atoms with Crippen molar-refractivity contribution in [3.05, 3.63) is 84.4 Å². The van der Waals surface area contributed by atoms with Gasteiger partial charge in [-0.3, -0.25) is 9.97 Å². The lowest BCUT2D eigenvalue weighted by Gasteiger charge is -2.01. The highest BCUT2D eigenvalue weighted by molar-refractivity contribution is 5.86. The van der Waals surface area contributed by atoms with Gasteiger partial charge in [0.15, 0.2) is 0 Å². The molecule has 0 radical (unpaired) electrons. The van der Waals surface area contributed by atoms with Crippen molar-refractivity contribution in [2.45, 2.75) is 6.54 Å². The molecule has 2 aromatic heterocycles. The predicted octanol–water partition coefficient (Wildman–Crippen LogP) is 3.80. The van der Waals surface area contributed by atoms with Crippen LogP contribution in [0.15, 0.2) is 73.3 Å². The Morgan fingerprint density at radius 2 is 1.38 bits per heavy atom. The summed E-state index contributed by atoms with van der Waals surface area (Å²) < 4.78 is 0. The Morgan fingerprint density at radius 1 is 0.792 bits per heavy atom. The van der Waals surface area contributed by atoms with Crippen LogP contribution in [0.1, 0.15) is 11.1 Å². The third-order valence-electron chi connectivity index (χ3n) is 3.76. The summed E-state index contributed by atoms with van der Waals surface area (Å²) in [7, 11) is 0. The maximum Gasteiger partial charge on any atom is 0.101 e. The lowest BCUT2D eigenvalue weighted by Crippen LogP contribution is -1.97. The number of benzene rings is 2. The van der Waals surface area contributed by atoms with Crippen LogP contribution in [0.2, 0.25) is 0 Å². The SMILES string of the molecule is N#Cc1cncc2ccccc12.NCc1cncc2ccccc12. The molecule has 4 heteroatoms. The zero-order chi connectivity index (χ0) is 16.8. The number of nitrogens with zero attached hydrogens (tertiary/aromatic N) is 3. The second-order valence-electron chi connectivity index (χ2n) is 5.24. The topological polar surface area (TPSA) is 75.6 Å². The second kappa shape index (κ2) is 7.32. The Balaban J connectivity index is 0.000000141. The van der Waals surface area contributed by atoms with Crippen molar-refractivity contribution in [2.24, 2.45) is 5.73 Å². The number of rotatable bonds is 1. The van der Waals surface area contributed by atoms with Crippen LogP contribution in [0.3, 0.4) is 0 Å². The van der Waals surface area contributed by atoms with E-state index in [0.717, 1.165) is 21.7 Å². The highest BCUT2D eigenvalue weighted by Crippen LogP contribution is 2.16. The molecule has 0 aliphatic heterocycles. The van der Waals surface area contributed by atoms with Crippen molar-refractivity contribution in [1.29, 1.82) is 5.26 Å². The molecule has 4 rings (SSSR count). The van der Waals surface area contributed by atoms with Crippen LogP contribution in [-0.2, 0) is 6.54 Å². The van der Waals surface area contributed by atoms with Gasteiger partial charge in [0.25, 0.3) is 0 Å². The smallest absolute Gasteiger partial charge is 0.101 e. The fourth-order valence-electron chi connectivity index (χ4n) is 2.55. The van der Waals surface area contributed by atoms with Crippen molar-refractivity contribution >= 4 is 21.5 Å². The average Bonchev–Trinajstić information content (AvgIpc) is 2.67. The van der Waals surface area contributed by atoms with Gasteiger partial charge in [0, 0.05) is 47.5 Å². The van der Waals surface area contributed by atoms with E-state index in [1.54, 1.807) is 12.4 Å². The molecule has 0 saturated heterocycles. The minimum absolute atomic E-state index is 0.550. The molecule has 0 aliphatic rings. The first-order chi connectivity index (χ1) is 11.8. The highest BCUT2D eigenvalue weighted by atomic mass is 14.6. The van der Waals surface area contributed by atoms with E-state index in [1.807, 2.05) is 54.9 Å². The Hall–Kier alpha value is -3.29. The molecule has 0 fully saturated rings. The maximum absolute atomic E-state index is 8.75. The number of fused-ring (bicyclic) bond motifs is 2. The quantitative estimate of drug-likeness (QED) is 0.580. The third-order valence-corrected chi connectivity index (χ3v) is 3.76. The van der Waals surface area contributed by atoms with E-state index in [-0.39, 0.29) is 0 Å². The summed E-state index contributed by atoms with van der Waals surface area (Å²) in [6.45, 7) is 0.550. The Bertz CT molecular complexity index is 1010. The molecular formula is C20H16N4. The molecule has 0 unspecified atom stereocenters. The van der Waals surface area contributed by atoms with E-state index >= 15 is 0 Å². The second-order valence-corrected chi connectivity index (χ2v) is 5.24. The van der Waals surface area contributed by atoms with Crippen molar-refractivity contribution in [1.82, 2.24) is 9.97 Å². The number of nitriles is 1.